The fourth-order valence-electron chi connectivity index (χ4n) is 3.95. The Morgan fingerprint density at radius 3 is 2.61 bits per heavy atom. The number of likely N-dealkylation sites (tertiary alicyclic amines) is 1. The molecule has 3 rings (SSSR count). The van der Waals surface area contributed by atoms with Crippen LogP contribution in [0.5, 0.6) is 0 Å². The number of allylic oxidation sites excluding steroid dienone is 3. The first-order chi connectivity index (χ1) is 8.72. The number of hydrogen-bond donors (Lipinski definition) is 1. The molecule has 3 unspecified atom stereocenters. The van der Waals surface area contributed by atoms with E-state index in [0.717, 1.165) is 31.6 Å². The third-order valence-corrected chi connectivity index (χ3v) is 5.03. The summed E-state index contributed by atoms with van der Waals surface area (Å²) >= 11 is 0. The van der Waals surface area contributed by atoms with Crippen molar-refractivity contribution in [3.8, 4) is 0 Å². The minimum Gasteiger partial charge on any atom is -0.392 e. The van der Waals surface area contributed by atoms with E-state index in [1.165, 1.54) is 31.5 Å². The standard InChI is InChI=1S/C16H25NO/c1-17-7-6-12(11-17)8-15-9-13-4-2-3-5-14(13)10-16(15)18/h2-3,12,15-16,18H,4-11H2,1H3. The van der Waals surface area contributed by atoms with Crippen LogP contribution >= 0.6 is 0 Å². The van der Waals surface area contributed by atoms with Crippen LogP contribution in [-0.4, -0.2) is 36.2 Å². The summed E-state index contributed by atoms with van der Waals surface area (Å²) in [6.45, 7) is 2.47. The molecular formula is C16H25NO. The number of nitrogens with zero attached hydrogens (tertiary/aromatic N) is 1. The van der Waals surface area contributed by atoms with Crippen molar-refractivity contribution in [3.63, 3.8) is 0 Å². The largest absolute Gasteiger partial charge is 0.392 e. The van der Waals surface area contributed by atoms with E-state index in [9.17, 15) is 5.11 Å². The summed E-state index contributed by atoms with van der Waals surface area (Å²) in [4.78, 5) is 2.42. The van der Waals surface area contributed by atoms with Crippen LogP contribution in [0.15, 0.2) is 23.3 Å². The molecule has 1 fully saturated rings. The topological polar surface area (TPSA) is 23.5 Å². The summed E-state index contributed by atoms with van der Waals surface area (Å²) in [5.74, 6) is 1.34. The molecule has 2 aliphatic carbocycles. The van der Waals surface area contributed by atoms with Gasteiger partial charge in [-0.05, 0) is 64.0 Å². The van der Waals surface area contributed by atoms with Crippen LogP contribution in [0.25, 0.3) is 0 Å². The quantitative estimate of drug-likeness (QED) is 0.758. The van der Waals surface area contributed by atoms with Crippen LogP contribution in [0.2, 0.25) is 0 Å². The molecule has 0 aromatic rings. The van der Waals surface area contributed by atoms with Gasteiger partial charge in [-0.3, -0.25) is 0 Å². The van der Waals surface area contributed by atoms with Gasteiger partial charge in [0.15, 0.2) is 0 Å². The summed E-state index contributed by atoms with van der Waals surface area (Å²) < 4.78 is 0. The predicted molar refractivity (Wildman–Crippen MR) is 74.4 cm³/mol. The first kappa shape index (κ1) is 12.4. The molecule has 0 aromatic carbocycles. The molecule has 2 heteroatoms. The van der Waals surface area contributed by atoms with Crippen LogP contribution in [-0.2, 0) is 0 Å². The van der Waals surface area contributed by atoms with Gasteiger partial charge in [0, 0.05) is 6.54 Å². The number of aliphatic hydroxyl groups excluding tert-OH is 1. The van der Waals surface area contributed by atoms with E-state index < -0.39 is 0 Å². The van der Waals surface area contributed by atoms with Gasteiger partial charge in [0.05, 0.1) is 6.10 Å². The third kappa shape index (κ3) is 2.55. The van der Waals surface area contributed by atoms with Crippen molar-refractivity contribution in [1.82, 2.24) is 4.90 Å². The Morgan fingerprint density at radius 1 is 1.22 bits per heavy atom. The molecule has 0 bridgehead atoms. The molecule has 0 amide bonds. The average molecular weight is 247 g/mol. The lowest BCUT2D eigenvalue weighted by Crippen LogP contribution is -2.29. The van der Waals surface area contributed by atoms with Crippen molar-refractivity contribution in [1.29, 1.82) is 0 Å². The van der Waals surface area contributed by atoms with Gasteiger partial charge in [0.2, 0.25) is 0 Å². The number of hydrogen-bond acceptors (Lipinski definition) is 2. The van der Waals surface area contributed by atoms with Crippen molar-refractivity contribution >= 4 is 0 Å². The lowest BCUT2D eigenvalue weighted by atomic mass is 9.74. The summed E-state index contributed by atoms with van der Waals surface area (Å²) in [5.41, 5.74) is 3.17. The molecule has 100 valence electrons. The molecule has 18 heavy (non-hydrogen) atoms. The van der Waals surface area contributed by atoms with Gasteiger partial charge < -0.3 is 10.0 Å². The van der Waals surface area contributed by atoms with E-state index in [0.29, 0.717) is 5.92 Å². The van der Waals surface area contributed by atoms with Gasteiger partial charge in [-0.1, -0.05) is 23.3 Å². The van der Waals surface area contributed by atoms with E-state index in [4.69, 9.17) is 0 Å². The van der Waals surface area contributed by atoms with Gasteiger partial charge in [0.1, 0.15) is 0 Å². The minimum absolute atomic E-state index is 0.0823. The summed E-state index contributed by atoms with van der Waals surface area (Å²) in [5, 5.41) is 10.4. The molecule has 3 aliphatic rings. The van der Waals surface area contributed by atoms with E-state index in [2.05, 4.69) is 24.1 Å². The molecule has 0 saturated carbocycles. The monoisotopic (exact) mass is 247 g/mol. The summed E-state index contributed by atoms with van der Waals surface area (Å²) in [7, 11) is 2.21. The Bertz CT molecular complexity index is 371. The first-order valence-corrected chi connectivity index (χ1v) is 7.43. The molecule has 0 aromatic heterocycles. The Kier molecular flexibility index (Phi) is 3.58. The van der Waals surface area contributed by atoms with Crippen molar-refractivity contribution in [2.75, 3.05) is 20.1 Å². The van der Waals surface area contributed by atoms with Crippen molar-refractivity contribution < 1.29 is 5.11 Å². The van der Waals surface area contributed by atoms with Crippen LogP contribution in [0.4, 0.5) is 0 Å². The number of aliphatic hydroxyl groups is 1. The van der Waals surface area contributed by atoms with Gasteiger partial charge in [-0.25, -0.2) is 0 Å². The smallest absolute Gasteiger partial charge is 0.0608 e. The van der Waals surface area contributed by atoms with E-state index >= 15 is 0 Å². The van der Waals surface area contributed by atoms with E-state index in [1.54, 1.807) is 5.57 Å². The van der Waals surface area contributed by atoms with Crippen LogP contribution in [0.1, 0.15) is 38.5 Å². The molecule has 1 saturated heterocycles. The second-order valence-electron chi connectivity index (χ2n) is 6.48. The predicted octanol–water partition coefficient (Wildman–Crippen LogP) is 2.75. The second-order valence-corrected chi connectivity index (χ2v) is 6.48. The zero-order valence-corrected chi connectivity index (χ0v) is 11.4. The second kappa shape index (κ2) is 5.18. The van der Waals surface area contributed by atoms with E-state index in [-0.39, 0.29) is 6.10 Å². The Labute approximate surface area is 110 Å². The third-order valence-electron chi connectivity index (χ3n) is 5.03. The lowest BCUT2D eigenvalue weighted by Gasteiger charge is -2.34. The van der Waals surface area contributed by atoms with Crippen molar-refractivity contribution in [2.24, 2.45) is 11.8 Å². The Hall–Kier alpha value is -0.600. The lowest BCUT2D eigenvalue weighted by molar-refractivity contribution is 0.0837. The molecule has 2 nitrogen and oxygen atoms in total. The Morgan fingerprint density at radius 2 is 1.94 bits per heavy atom. The van der Waals surface area contributed by atoms with Crippen LogP contribution in [0, 0.1) is 11.8 Å². The maximum Gasteiger partial charge on any atom is 0.0608 e. The highest BCUT2D eigenvalue weighted by Crippen LogP contribution is 2.39. The molecule has 0 spiro atoms. The van der Waals surface area contributed by atoms with Gasteiger partial charge in [-0.2, -0.15) is 0 Å². The molecule has 3 atom stereocenters. The molecule has 1 N–H and O–H groups in total. The van der Waals surface area contributed by atoms with Gasteiger partial charge >= 0.3 is 0 Å². The SMILES string of the molecule is CN1CCC(CC2CC3=C(CC=CC3)CC2O)C1. The molecule has 1 aliphatic heterocycles. The fraction of sp³-hybridized carbons (Fsp3) is 0.750. The Balaban J connectivity index is 1.62. The minimum atomic E-state index is -0.0823. The highest BCUT2D eigenvalue weighted by atomic mass is 16.3. The maximum absolute atomic E-state index is 10.4. The average Bonchev–Trinajstić information content (AvgIpc) is 2.76. The maximum atomic E-state index is 10.4. The summed E-state index contributed by atoms with van der Waals surface area (Å²) in [6.07, 6.45) is 11.4. The van der Waals surface area contributed by atoms with Gasteiger partial charge in [-0.15, -0.1) is 0 Å². The zero-order valence-electron chi connectivity index (χ0n) is 11.4. The van der Waals surface area contributed by atoms with Crippen molar-refractivity contribution in [3.05, 3.63) is 23.3 Å². The first-order valence-electron chi connectivity index (χ1n) is 7.43. The number of rotatable bonds is 2. The molecule has 0 radical (unpaired) electrons. The normalized spacial score (nSPS) is 37.1. The van der Waals surface area contributed by atoms with Crippen molar-refractivity contribution in [2.45, 2.75) is 44.6 Å². The van der Waals surface area contributed by atoms with E-state index in [1.807, 2.05) is 0 Å². The zero-order chi connectivity index (χ0) is 12.5. The highest BCUT2D eigenvalue weighted by Gasteiger charge is 2.32. The van der Waals surface area contributed by atoms with Gasteiger partial charge in [0.25, 0.3) is 0 Å². The molecular weight excluding hydrogens is 222 g/mol. The highest BCUT2D eigenvalue weighted by molar-refractivity contribution is 5.27. The fourth-order valence-corrected chi connectivity index (χ4v) is 3.95. The summed E-state index contributed by atoms with van der Waals surface area (Å²) in [6, 6.07) is 0. The molecule has 1 heterocycles. The van der Waals surface area contributed by atoms with Crippen LogP contribution < -0.4 is 0 Å². The van der Waals surface area contributed by atoms with Crippen LogP contribution in [0.3, 0.4) is 0 Å².